The van der Waals surface area contributed by atoms with Gasteiger partial charge in [-0.3, -0.25) is 4.99 Å². The van der Waals surface area contributed by atoms with E-state index in [4.69, 9.17) is 19.2 Å². The van der Waals surface area contributed by atoms with Crippen molar-refractivity contribution >= 4 is 17.1 Å². The molecule has 212 valence electrons. The second-order valence-corrected chi connectivity index (χ2v) is 10.9. The number of nitrogens with zero attached hydrogens (tertiary/aromatic N) is 2. The van der Waals surface area contributed by atoms with E-state index in [1.165, 1.54) is 34.9 Å². The largest absolute Gasteiger partial charge is 0.489 e. The van der Waals surface area contributed by atoms with Crippen molar-refractivity contribution in [2.24, 2.45) is 16.6 Å². The summed E-state index contributed by atoms with van der Waals surface area (Å²) in [5, 5.41) is 1.08. The molecule has 3 heterocycles. The number of hydrogen-bond donors (Lipinski definition) is 1. The van der Waals surface area contributed by atoms with Crippen molar-refractivity contribution in [3.8, 4) is 22.8 Å². The molecule has 4 aromatic rings. The first-order valence-corrected chi connectivity index (χ1v) is 14.2. The highest BCUT2D eigenvalue weighted by Crippen LogP contribution is 2.39. The molecule has 2 aliphatic heterocycles. The monoisotopic (exact) mass is 549 g/mol. The lowest BCUT2D eigenvalue weighted by Gasteiger charge is -2.26. The van der Waals surface area contributed by atoms with Gasteiger partial charge in [0.1, 0.15) is 18.5 Å². The number of aromatic nitrogens is 1. The van der Waals surface area contributed by atoms with E-state index in [9.17, 15) is 0 Å². The van der Waals surface area contributed by atoms with Crippen molar-refractivity contribution in [1.82, 2.24) is 4.98 Å². The van der Waals surface area contributed by atoms with Crippen LogP contribution in [0.3, 0.4) is 0 Å². The molecule has 1 atom stereocenters. The minimum atomic E-state index is 0.0397. The zero-order chi connectivity index (χ0) is 28.9. The second kappa shape index (κ2) is 12.7. The van der Waals surface area contributed by atoms with Crippen molar-refractivity contribution in [3.05, 3.63) is 101 Å². The summed E-state index contributed by atoms with van der Waals surface area (Å²) in [5.41, 5.74) is 13.5. The number of rotatable bonds is 5. The number of ether oxygens (including phenoxy) is 3. The number of aliphatic imine (C=N–C) groups is 1. The third-order valence-electron chi connectivity index (χ3n) is 7.40. The SMILES string of the molecule is C/C(=C\N=CC(C)C)C1c2ccc(C)c(c2)COc2cccc(c2)-c2cc(OC3COC3)nc3ccc1cc23.CN. The van der Waals surface area contributed by atoms with Gasteiger partial charge in [-0.05, 0) is 90.0 Å². The Hall–Kier alpha value is -4.00. The molecule has 3 aromatic carbocycles. The number of allylic oxidation sites excluding steroid dienone is 1. The fourth-order valence-corrected chi connectivity index (χ4v) is 5.22. The van der Waals surface area contributed by atoms with Crippen molar-refractivity contribution < 1.29 is 14.2 Å². The number of nitrogens with two attached hydrogens (primary N) is 1. The van der Waals surface area contributed by atoms with Gasteiger partial charge in [0.2, 0.25) is 5.88 Å². The zero-order valence-corrected chi connectivity index (χ0v) is 24.6. The first-order chi connectivity index (χ1) is 19.9. The van der Waals surface area contributed by atoms with E-state index in [0.29, 0.717) is 31.6 Å². The van der Waals surface area contributed by atoms with Crippen LogP contribution in [0.2, 0.25) is 0 Å². The van der Waals surface area contributed by atoms with Crippen LogP contribution in [-0.2, 0) is 11.3 Å². The molecule has 6 bridgehead atoms. The first-order valence-electron chi connectivity index (χ1n) is 14.2. The molecule has 6 heteroatoms. The Kier molecular flexibility index (Phi) is 8.81. The van der Waals surface area contributed by atoms with Crippen molar-refractivity contribution in [1.29, 1.82) is 0 Å². The zero-order valence-electron chi connectivity index (χ0n) is 24.6. The van der Waals surface area contributed by atoms with Gasteiger partial charge in [0.05, 0.1) is 18.7 Å². The van der Waals surface area contributed by atoms with E-state index in [2.05, 4.69) is 93.0 Å². The van der Waals surface area contributed by atoms with Crippen LogP contribution in [0.5, 0.6) is 11.6 Å². The van der Waals surface area contributed by atoms with Crippen LogP contribution < -0.4 is 15.2 Å². The standard InChI is InChI=1S/C34H34N2O3.CH5N/c1-21(2)16-35-17-23(4)34-25-9-8-22(3)27(12-25)18-38-28-7-5-6-24(13-28)30-15-33(39-29-19-37-20-29)36-32-11-10-26(34)14-31(30)32;1-2/h5-17,21,29,34H,18-20H2,1-4H3;2H2,1H3/b23-17+,35-16?;. The van der Waals surface area contributed by atoms with Gasteiger partial charge in [0, 0.05) is 29.8 Å². The number of hydrogen-bond acceptors (Lipinski definition) is 6. The molecule has 2 N–H and O–H groups in total. The summed E-state index contributed by atoms with van der Waals surface area (Å²) in [5.74, 6) is 1.89. The van der Waals surface area contributed by atoms with Crippen molar-refractivity contribution in [2.75, 3.05) is 20.3 Å². The van der Waals surface area contributed by atoms with Gasteiger partial charge < -0.3 is 19.9 Å². The fraction of sp³-hybridized carbons (Fsp3) is 0.314. The summed E-state index contributed by atoms with van der Waals surface area (Å²) < 4.78 is 17.8. The van der Waals surface area contributed by atoms with Crippen LogP contribution in [-0.4, -0.2) is 37.6 Å². The maximum Gasteiger partial charge on any atom is 0.214 e. The molecular formula is C35H39N3O3. The Morgan fingerprint density at radius 2 is 1.80 bits per heavy atom. The minimum absolute atomic E-state index is 0.0397. The van der Waals surface area contributed by atoms with Gasteiger partial charge in [0.15, 0.2) is 0 Å². The van der Waals surface area contributed by atoms with Gasteiger partial charge in [-0.2, -0.15) is 0 Å². The van der Waals surface area contributed by atoms with E-state index in [0.717, 1.165) is 27.8 Å². The lowest BCUT2D eigenvalue weighted by molar-refractivity contribution is -0.0812. The summed E-state index contributed by atoms with van der Waals surface area (Å²) in [6.07, 6.45) is 4.04. The third-order valence-corrected chi connectivity index (χ3v) is 7.40. The molecule has 0 spiro atoms. The average molecular weight is 550 g/mol. The van der Waals surface area contributed by atoms with Crippen LogP contribution in [0.15, 0.2) is 83.5 Å². The topological polar surface area (TPSA) is 79.0 Å². The van der Waals surface area contributed by atoms with Crippen LogP contribution in [0.1, 0.15) is 48.9 Å². The molecule has 2 aliphatic rings. The molecule has 6 rings (SSSR count). The molecule has 1 saturated heterocycles. The van der Waals surface area contributed by atoms with Crippen molar-refractivity contribution in [2.45, 2.75) is 46.3 Å². The predicted molar refractivity (Wildman–Crippen MR) is 167 cm³/mol. The van der Waals surface area contributed by atoms with E-state index in [1.54, 1.807) is 0 Å². The highest BCUT2D eigenvalue weighted by atomic mass is 16.6. The Bertz CT molecular complexity index is 1590. The molecule has 0 saturated carbocycles. The van der Waals surface area contributed by atoms with Crippen LogP contribution in [0.4, 0.5) is 0 Å². The minimum Gasteiger partial charge on any atom is -0.489 e. The Labute approximate surface area is 242 Å². The summed E-state index contributed by atoms with van der Waals surface area (Å²) in [6.45, 7) is 10.3. The molecule has 1 aromatic heterocycles. The molecule has 41 heavy (non-hydrogen) atoms. The molecule has 0 radical (unpaired) electrons. The number of aryl methyl sites for hydroxylation is 1. The Balaban J connectivity index is 0.00000165. The van der Waals surface area contributed by atoms with E-state index >= 15 is 0 Å². The quantitative estimate of drug-likeness (QED) is 0.266. The van der Waals surface area contributed by atoms with E-state index in [-0.39, 0.29) is 12.0 Å². The third kappa shape index (κ3) is 6.34. The molecule has 1 unspecified atom stereocenters. The average Bonchev–Trinajstić information content (AvgIpc) is 2.96. The molecule has 0 aliphatic carbocycles. The van der Waals surface area contributed by atoms with Gasteiger partial charge in [-0.1, -0.05) is 50.2 Å². The smallest absolute Gasteiger partial charge is 0.214 e. The first kappa shape index (κ1) is 28.5. The summed E-state index contributed by atoms with van der Waals surface area (Å²) >= 11 is 0. The van der Waals surface area contributed by atoms with Crippen LogP contribution in [0, 0.1) is 12.8 Å². The van der Waals surface area contributed by atoms with E-state index < -0.39 is 0 Å². The predicted octanol–water partition coefficient (Wildman–Crippen LogP) is 7.22. The van der Waals surface area contributed by atoms with Gasteiger partial charge in [0.25, 0.3) is 0 Å². The highest BCUT2D eigenvalue weighted by Gasteiger charge is 2.23. The maximum absolute atomic E-state index is 6.34. The molecular weight excluding hydrogens is 510 g/mol. The van der Waals surface area contributed by atoms with Gasteiger partial charge >= 0.3 is 0 Å². The summed E-state index contributed by atoms with van der Waals surface area (Å²) in [6, 6.07) is 23.7. The van der Waals surface area contributed by atoms with Crippen molar-refractivity contribution in [3.63, 3.8) is 0 Å². The van der Waals surface area contributed by atoms with Gasteiger partial charge in [-0.15, -0.1) is 0 Å². The highest BCUT2D eigenvalue weighted by molar-refractivity contribution is 5.96. The maximum atomic E-state index is 6.34. The van der Waals surface area contributed by atoms with Gasteiger partial charge in [-0.25, -0.2) is 4.98 Å². The van der Waals surface area contributed by atoms with E-state index in [1.807, 2.05) is 24.5 Å². The Morgan fingerprint density at radius 1 is 1.02 bits per heavy atom. The number of pyridine rings is 1. The number of fused-ring (bicyclic) bond motifs is 6. The lowest BCUT2D eigenvalue weighted by Crippen LogP contribution is -2.38. The fourth-order valence-electron chi connectivity index (χ4n) is 5.22. The van der Waals surface area contributed by atoms with Crippen LogP contribution in [0.25, 0.3) is 22.0 Å². The Morgan fingerprint density at radius 3 is 2.56 bits per heavy atom. The second-order valence-electron chi connectivity index (χ2n) is 10.9. The normalized spacial score (nSPS) is 16.8. The number of benzene rings is 3. The summed E-state index contributed by atoms with van der Waals surface area (Å²) in [4.78, 5) is 9.53. The summed E-state index contributed by atoms with van der Waals surface area (Å²) in [7, 11) is 1.50. The molecule has 0 amide bonds. The lowest BCUT2D eigenvalue weighted by atomic mass is 9.83. The van der Waals surface area contributed by atoms with Crippen LogP contribution >= 0.6 is 0 Å². The molecule has 6 nitrogen and oxygen atoms in total. The molecule has 1 fully saturated rings.